The van der Waals surface area contributed by atoms with Gasteiger partial charge in [0.2, 0.25) is 0 Å². The highest BCUT2D eigenvalue weighted by Gasteiger charge is 2.10. The van der Waals surface area contributed by atoms with E-state index in [9.17, 15) is 4.79 Å². The minimum Gasteiger partial charge on any atom is -0.478 e. The Labute approximate surface area is 78.4 Å². The summed E-state index contributed by atoms with van der Waals surface area (Å²) in [5.74, 6) is -0.989. The summed E-state index contributed by atoms with van der Waals surface area (Å²) in [5.41, 5.74) is 0.716. The number of fused-ring (bicyclic) bond motifs is 1. The molecule has 0 aromatic carbocycles. The molecule has 1 N–H and O–H groups in total. The van der Waals surface area contributed by atoms with Crippen LogP contribution in [0.25, 0.3) is 5.52 Å². The Kier molecular flexibility index (Phi) is 1.70. The third-order valence-corrected chi connectivity index (χ3v) is 1.93. The maximum absolute atomic E-state index is 10.7. The van der Waals surface area contributed by atoms with Crippen LogP contribution in [0.4, 0.5) is 0 Å². The molecule has 0 atom stereocenters. The van der Waals surface area contributed by atoms with Gasteiger partial charge in [0.05, 0.1) is 16.7 Å². The van der Waals surface area contributed by atoms with E-state index in [4.69, 9.17) is 16.7 Å². The van der Waals surface area contributed by atoms with Crippen LogP contribution in [0.3, 0.4) is 0 Å². The molecule has 0 aliphatic carbocycles. The fraction of sp³-hybridized carbons (Fsp3) is 0. The molecule has 13 heavy (non-hydrogen) atoms. The number of aromatic carboxylic acids is 1. The minimum atomic E-state index is -0.989. The number of aromatic nitrogens is 2. The molecule has 2 rings (SSSR count). The average Bonchev–Trinajstić information content (AvgIpc) is 2.46. The standard InChI is InChI=1S/C8H5ClN2O2/c9-5-1-2-7-6(8(12)13)3-10-11(7)4-5/h1-4H,(H,12,13). The van der Waals surface area contributed by atoms with Crippen molar-refractivity contribution in [3.05, 3.63) is 35.1 Å². The van der Waals surface area contributed by atoms with Gasteiger partial charge in [-0.05, 0) is 12.1 Å². The van der Waals surface area contributed by atoms with Gasteiger partial charge in [0.1, 0.15) is 5.56 Å². The van der Waals surface area contributed by atoms with Crippen molar-refractivity contribution in [1.82, 2.24) is 9.61 Å². The van der Waals surface area contributed by atoms with E-state index in [-0.39, 0.29) is 5.56 Å². The van der Waals surface area contributed by atoms with E-state index in [1.165, 1.54) is 10.7 Å². The molecule has 0 unspecified atom stereocenters. The number of rotatable bonds is 1. The molecule has 0 aliphatic rings. The molecule has 0 bridgehead atoms. The lowest BCUT2D eigenvalue weighted by molar-refractivity contribution is 0.0699. The summed E-state index contributed by atoms with van der Waals surface area (Å²) in [5, 5.41) is 13.1. The molecule has 0 amide bonds. The minimum absolute atomic E-state index is 0.177. The van der Waals surface area contributed by atoms with Crippen LogP contribution in [-0.2, 0) is 0 Å². The average molecular weight is 197 g/mol. The Balaban J connectivity index is 2.76. The van der Waals surface area contributed by atoms with Gasteiger partial charge in [-0.25, -0.2) is 9.31 Å². The summed E-state index contributed by atoms with van der Waals surface area (Å²) >= 11 is 5.70. The first-order valence-electron chi connectivity index (χ1n) is 3.54. The van der Waals surface area contributed by atoms with E-state index in [0.717, 1.165) is 0 Å². The van der Waals surface area contributed by atoms with E-state index >= 15 is 0 Å². The molecule has 2 heterocycles. The van der Waals surface area contributed by atoms with Crippen molar-refractivity contribution in [2.45, 2.75) is 0 Å². The van der Waals surface area contributed by atoms with Crippen molar-refractivity contribution in [2.24, 2.45) is 0 Å². The Morgan fingerprint density at radius 3 is 3.00 bits per heavy atom. The number of carboxylic acids is 1. The van der Waals surface area contributed by atoms with Crippen LogP contribution in [0, 0.1) is 0 Å². The molecule has 5 heteroatoms. The second kappa shape index (κ2) is 2.74. The van der Waals surface area contributed by atoms with Crippen LogP contribution in [-0.4, -0.2) is 20.7 Å². The zero-order valence-corrected chi connectivity index (χ0v) is 7.19. The van der Waals surface area contributed by atoms with Crippen molar-refractivity contribution in [3.8, 4) is 0 Å². The van der Waals surface area contributed by atoms with Crippen LogP contribution in [0.15, 0.2) is 24.5 Å². The smallest absolute Gasteiger partial charge is 0.339 e. The zero-order valence-electron chi connectivity index (χ0n) is 6.44. The third kappa shape index (κ3) is 1.25. The molecule has 2 aromatic heterocycles. The summed E-state index contributed by atoms with van der Waals surface area (Å²) < 4.78 is 1.44. The lowest BCUT2D eigenvalue weighted by Crippen LogP contribution is -1.94. The summed E-state index contributed by atoms with van der Waals surface area (Å²) in [6.07, 6.45) is 2.86. The van der Waals surface area contributed by atoms with Gasteiger partial charge in [0.25, 0.3) is 0 Å². The predicted octanol–water partition coefficient (Wildman–Crippen LogP) is 1.69. The number of carbonyl (C=O) groups is 1. The quantitative estimate of drug-likeness (QED) is 0.755. The topological polar surface area (TPSA) is 54.6 Å². The highest BCUT2D eigenvalue weighted by atomic mass is 35.5. The molecule has 2 aromatic rings. The first kappa shape index (κ1) is 8.07. The van der Waals surface area contributed by atoms with E-state index in [0.29, 0.717) is 10.5 Å². The summed E-state index contributed by atoms with van der Waals surface area (Å²) in [6.45, 7) is 0. The maximum Gasteiger partial charge on any atom is 0.339 e. The molecular weight excluding hydrogens is 192 g/mol. The lowest BCUT2D eigenvalue weighted by atomic mass is 10.3. The molecule has 0 fully saturated rings. The van der Waals surface area contributed by atoms with E-state index in [2.05, 4.69) is 5.10 Å². The van der Waals surface area contributed by atoms with Gasteiger partial charge in [0, 0.05) is 6.20 Å². The molecule has 4 nitrogen and oxygen atoms in total. The number of nitrogens with zero attached hydrogens (tertiary/aromatic N) is 2. The summed E-state index contributed by atoms with van der Waals surface area (Å²) in [6, 6.07) is 3.25. The first-order chi connectivity index (χ1) is 6.18. The Bertz CT molecular complexity index is 478. The number of pyridine rings is 1. The molecule has 0 spiro atoms. The first-order valence-corrected chi connectivity index (χ1v) is 3.92. The molecule has 66 valence electrons. The Hall–Kier alpha value is -1.55. The normalized spacial score (nSPS) is 10.5. The van der Waals surface area contributed by atoms with Crippen LogP contribution in [0.5, 0.6) is 0 Å². The van der Waals surface area contributed by atoms with Gasteiger partial charge in [-0.2, -0.15) is 5.10 Å². The van der Waals surface area contributed by atoms with Gasteiger partial charge < -0.3 is 5.11 Å². The molecule has 0 saturated heterocycles. The van der Waals surface area contributed by atoms with Crippen molar-refractivity contribution < 1.29 is 9.90 Å². The fourth-order valence-corrected chi connectivity index (χ4v) is 1.28. The van der Waals surface area contributed by atoms with Gasteiger partial charge in [-0.15, -0.1) is 0 Å². The van der Waals surface area contributed by atoms with Crippen molar-refractivity contribution >= 4 is 23.1 Å². The summed E-state index contributed by atoms with van der Waals surface area (Å²) in [4.78, 5) is 10.7. The molecule has 0 radical (unpaired) electrons. The zero-order chi connectivity index (χ0) is 9.42. The number of carboxylic acid groups (broad SMARTS) is 1. The molecule has 0 saturated carbocycles. The van der Waals surface area contributed by atoms with Gasteiger partial charge in [-0.3, -0.25) is 0 Å². The van der Waals surface area contributed by atoms with E-state index in [1.54, 1.807) is 18.3 Å². The Morgan fingerprint density at radius 2 is 2.31 bits per heavy atom. The molecule has 0 aliphatic heterocycles. The number of halogens is 1. The van der Waals surface area contributed by atoms with Crippen molar-refractivity contribution in [3.63, 3.8) is 0 Å². The summed E-state index contributed by atoms with van der Waals surface area (Å²) in [7, 11) is 0. The van der Waals surface area contributed by atoms with Crippen LogP contribution in [0.1, 0.15) is 10.4 Å². The van der Waals surface area contributed by atoms with Crippen LogP contribution in [0.2, 0.25) is 5.02 Å². The SMILES string of the molecule is O=C(O)c1cnn2cc(Cl)ccc12. The van der Waals surface area contributed by atoms with Gasteiger partial charge >= 0.3 is 5.97 Å². The van der Waals surface area contributed by atoms with Crippen LogP contribution < -0.4 is 0 Å². The highest BCUT2D eigenvalue weighted by molar-refractivity contribution is 6.30. The Morgan fingerprint density at radius 1 is 1.54 bits per heavy atom. The second-order valence-corrected chi connectivity index (χ2v) is 2.98. The molecular formula is C8H5ClN2O2. The van der Waals surface area contributed by atoms with E-state index in [1.807, 2.05) is 0 Å². The third-order valence-electron chi connectivity index (χ3n) is 1.71. The van der Waals surface area contributed by atoms with Gasteiger partial charge in [-0.1, -0.05) is 11.6 Å². The van der Waals surface area contributed by atoms with Crippen molar-refractivity contribution in [2.75, 3.05) is 0 Å². The second-order valence-electron chi connectivity index (χ2n) is 2.54. The van der Waals surface area contributed by atoms with Crippen molar-refractivity contribution in [1.29, 1.82) is 0 Å². The highest BCUT2D eigenvalue weighted by Crippen LogP contribution is 2.14. The monoisotopic (exact) mass is 196 g/mol. The van der Waals surface area contributed by atoms with Gasteiger partial charge in [0.15, 0.2) is 0 Å². The van der Waals surface area contributed by atoms with Crippen LogP contribution >= 0.6 is 11.6 Å². The fourth-order valence-electron chi connectivity index (χ4n) is 1.12. The maximum atomic E-state index is 10.7. The largest absolute Gasteiger partial charge is 0.478 e. The number of hydrogen-bond acceptors (Lipinski definition) is 2. The predicted molar refractivity (Wildman–Crippen MR) is 47.2 cm³/mol. The lowest BCUT2D eigenvalue weighted by Gasteiger charge is -1.94. The number of hydrogen-bond donors (Lipinski definition) is 1. The van der Waals surface area contributed by atoms with E-state index < -0.39 is 5.97 Å².